The Morgan fingerprint density at radius 1 is 1.50 bits per heavy atom. The van der Waals surface area contributed by atoms with Crippen molar-refractivity contribution in [3.05, 3.63) is 0 Å². The van der Waals surface area contributed by atoms with Crippen molar-refractivity contribution in [1.29, 1.82) is 0 Å². The van der Waals surface area contributed by atoms with Crippen LogP contribution in [0.5, 0.6) is 0 Å². The van der Waals surface area contributed by atoms with Gasteiger partial charge >= 0.3 is 5.97 Å². The Labute approximate surface area is 108 Å². The molecule has 2 atom stereocenters. The summed E-state index contributed by atoms with van der Waals surface area (Å²) in [5.41, 5.74) is -1.14. The molecule has 1 heterocycles. The van der Waals surface area contributed by atoms with E-state index in [1.54, 1.807) is 13.8 Å². The van der Waals surface area contributed by atoms with Gasteiger partial charge in [0.2, 0.25) is 5.91 Å². The predicted octanol–water partition coefficient (Wildman–Crippen LogP) is 1.14. The molecular formula is C13H24N2O3. The zero-order valence-electron chi connectivity index (χ0n) is 11.3. The second-order valence-corrected chi connectivity index (χ2v) is 5.29. The lowest BCUT2D eigenvalue weighted by atomic mass is 9.93. The Morgan fingerprint density at radius 2 is 2.22 bits per heavy atom. The molecule has 0 aliphatic carbocycles. The summed E-state index contributed by atoms with van der Waals surface area (Å²) in [5, 5.41) is 15.0. The van der Waals surface area contributed by atoms with Gasteiger partial charge in [-0.3, -0.25) is 4.79 Å². The Bertz CT molecular complexity index is 301. The number of carboxylic acid groups (broad SMARTS) is 1. The summed E-state index contributed by atoms with van der Waals surface area (Å²) < 4.78 is 0. The topological polar surface area (TPSA) is 78.4 Å². The lowest BCUT2D eigenvalue weighted by Crippen LogP contribution is -2.51. The number of rotatable bonds is 6. The van der Waals surface area contributed by atoms with Gasteiger partial charge in [0.05, 0.1) is 0 Å². The van der Waals surface area contributed by atoms with Gasteiger partial charge in [-0.15, -0.1) is 0 Å². The molecule has 1 aliphatic rings. The predicted molar refractivity (Wildman–Crippen MR) is 69.3 cm³/mol. The molecule has 0 aromatic carbocycles. The van der Waals surface area contributed by atoms with Crippen LogP contribution in [0.1, 0.15) is 46.0 Å². The summed E-state index contributed by atoms with van der Waals surface area (Å²) in [6, 6.07) is 0. The summed E-state index contributed by atoms with van der Waals surface area (Å²) in [5.74, 6) is -0.591. The van der Waals surface area contributed by atoms with Gasteiger partial charge in [0.25, 0.3) is 0 Å². The van der Waals surface area contributed by atoms with E-state index in [0.717, 1.165) is 32.4 Å². The van der Waals surface area contributed by atoms with Crippen molar-refractivity contribution in [2.75, 3.05) is 13.1 Å². The molecule has 3 N–H and O–H groups in total. The summed E-state index contributed by atoms with van der Waals surface area (Å²) in [4.78, 5) is 22.8. The van der Waals surface area contributed by atoms with E-state index in [0.29, 0.717) is 18.8 Å². The van der Waals surface area contributed by atoms with E-state index < -0.39 is 11.5 Å². The maximum atomic E-state index is 11.8. The molecule has 1 rings (SSSR count). The van der Waals surface area contributed by atoms with Gasteiger partial charge < -0.3 is 15.7 Å². The maximum absolute atomic E-state index is 11.8. The van der Waals surface area contributed by atoms with Crippen LogP contribution < -0.4 is 10.6 Å². The van der Waals surface area contributed by atoms with Crippen molar-refractivity contribution in [2.45, 2.75) is 51.5 Å². The summed E-state index contributed by atoms with van der Waals surface area (Å²) in [6.07, 6.45) is 3.95. The van der Waals surface area contributed by atoms with Gasteiger partial charge in [0.1, 0.15) is 5.54 Å². The number of nitrogens with one attached hydrogen (secondary N) is 2. The van der Waals surface area contributed by atoms with E-state index in [1.807, 2.05) is 0 Å². The number of aliphatic carboxylic acids is 1. The zero-order valence-corrected chi connectivity index (χ0v) is 11.3. The van der Waals surface area contributed by atoms with Crippen LogP contribution in [0.25, 0.3) is 0 Å². The SMILES string of the molecule is CCC(C)(NC(=O)CCC1CCCNC1)C(=O)O. The number of piperidine rings is 1. The quantitative estimate of drug-likeness (QED) is 0.666. The van der Waals surface area contributed by atoms with Crippen molar-refractivity contribution >= 4 is 11.9 Å². The summed E-state index contributed by atoms with van der Waals surface area (Å²) in [7, 11) is 0. The molecule has 0 radical (unpaired) electrons. The van der Waals surface area contributed by atoms with E-state index in [9.17, 15) is 9.59 Å². The molecule has 18 heavy (non-hydrogen) atoms. The van der Waals surface area contributed by atoms with Crippen LogP contribution in [0.2, 0.25) is 0 Å². The first-order valence-electron chi connectivity index (χ1n) is 6.73. The Hall–Kier alpha value is -1.10. The van der Waals surface area contributed by atoms with Gasteiger partial charge in [-0.2, -0.15) is 0 Å². The fourth-order valence-electron chi connectivity index (χ4n) is 2.17. The van der Waals surface area contributed by atoms with Crippen molar-refractivity contribution in [3.8, 4) is 0 Å². The fourth-order valence-corrected chi connectivity index (χ4v) is 2.17. The highest BCUT2D eigenvalue weighted by Crippen LogP contribution is 2.16. The Kier molecular flexibility index (Phi) is 5.59. The molecule has 2 unspecified atom stereocenters. The van der Waals surface area contributed by atoms with E-state index in [2.05, 4.69) is 10.6 Å². The van der Waals surface area contributed by atoms with Crippen LogP contribution in [0.3, 0.4) is 0 Å². The fraction of sp³-hybridized carbons (Fsp3) is 0.846. The second-order valence-electron chi connectivity index (χ2n) is 5.29. The third-order valence-electron chi connectivity index (χ3n) is 3.77. The van der Waals surface area contributed by atoms with Crippen molar-refractivity contribution < 1.29 is 14.7 Å². The average Bonchev–Trinajstić information content (AvgIpc) is 2.37. The third kappa shape index (κ3) is 4.29. The molecule has 0 saturated carbocycles. The first kappa shape index (κ1) is 15.0. The van der Waals surface area contributed by atoms with Crippen molar-refractivity contribution in [2.24, 2.45) is 5.92 Å². The number of amides is 1. The summed E-state index contributed by atoms with van der Waals surface area (Å²) >= 11 is 0. The van der Waals surface area contributed by atoms with Crippen LogP contribution in [-0.4, -0.2) is 35.6 Å². The maximum Gasteiger partial charge on any atom is 0.329 e. The van der Waals surface area contributed by atoms with Crippen LogP contribution in [0, 0.1) is 5.92 Å². The number of carbonyl (C=O) groups excluding carboxylic acids is 1. The molecule has 0 aromatic heterocycles. The van der Waals surface area contributed by atoms with Gasteiger partial charge in [0, 0.05) is 6.42 Å². The van der Waals surface area contributed by atoms with E-state index in [4.69, 9.17) is 5.11 Å². The molecule has 0 spiro atoms. The van der Waals surface area contributed by atoms with E-state index in [1.165, 1.54) is 0 Å². The lowest BCUT2D eigenvalue weighted by Gasteiger charge is -2.26. The second kappa shape index (κ2) is 6.73. The standard InChI is InChI=1S/C13H24N2O3/c1-3-13(2,12(17)18)15-11(16)7-6-10-5-4-8-14-9-10/h10,14H,3-9H2,1-2H3,(H,15,16)(H,17,18). The molecule has 5 heteroatoms. The lowest BCUT2D eigenvalue weighted by molar-refractivity contribution is -0.147. The van der Waals surface area contributed by atoms with Crippen LogP contribution in [-0.2, 0) is 9.59 Å². The molecule has 5 nitrogen and oxygen atoms in total. The molecule has 104 valence electrons. The molecule has 1 amide bonds. The Morgan fingerprint density at radius 3 is 2.72 bits per heavy atom. The minimum Gasteiger partial charge on any atom is -0.480 e. The molecule has 0 bridgehead atoms. The molecule has 1 saturated heterocycles. The van der Waals surface area contributed by atoms with Gasteiger partial charge in [-0.1, -0.05) is 6.92 Å². The Balaban J connectivity index is 2.34. The van der Waals surface area contributed by atoms with Crippen LogP contribution in [0.4, 0.5) is 0 Å². The summed E-state index contributed by atoms with van der Waals surface area (Å²) in [6.45, 7) is 5.35. The minimum absolute atomic E-state index is 0.160. The number of hydrogen-bond acceptors (Lipinski definition) is 3. The third-order valence-corrected chi connectivity index (χ3v) is 3.77. The largest absolute Gasteiger partial charge is 0.480 e. The number of carboxylic acids is 1. The smallest absolute Gasteiger partial charge is 0.329 e. The van der Waals surface area contributed by atoms with Gasteiger partial charge in [-0.05, 0) is 51.6 Å². The van der Waals surface area contributed by atoms with Crippen molar-refractivity contribution in [3.63, 3.8) is 0 Å². The van der Waals surface area contributed by atoms with Gasteiger partial charge in [0.15, 0.2) is 0 Å². The number of hydrogen-bond donors (Lipinski definition) is 3. The highest BCUT2D eigenvalue weighted by atomic mass is 16.4. The highest BCUT2D eigenvalue weighted by molar-refractivity contribution is 5.86. The monoisotopic (exact) mass is 256 g/mol. The highest BCUT2D eigenvalue weighted by Gasteiger charge is 2.32. The van der Waals surface area contributed by atoms with E-state index in [-0.39, 0.29) is 5.91 Å². The first-order valence-corrected chi connectivity index (χ1v) is 6.73. The van der Waals surface area contributed by atoms with E-state index >= 15 is 0 Å². The van der Waals surface area contributed by atoms with Crippen molar-refractivity contribution in [1.82, 2.24) is 10.6 Å². The van der Waals surface area contributed by atoms with Crippen LogP contribution in [0.15, 0.2) is 0 Å². The van der Waals surface area contributed by atoms with Gasteiger partial charge in [-0.25, -0.2) is 4.79 Å². The molecule has 0 aromatic rings. The average molecular weight is 256 g/mol. The zero-order chi connectivity index (χ0) is 13.6. The number of carbonyl (C=O) groups is 2. The first-order chi connectivity index (χ1) is 8.48. The molecule has 1 aliphatic heterocycles. The molecule has 1 fully saturated rings. The normalized spacial score (nSPS) is 23.1. The minimum atomic E-state index is -1.14. The van der Waals surface area contributed by atoms with Crippen LogP contribution >= 0.6 is 0 Å². The molecular weight excluding hydrogens is 232 g/mol.